The van der Waals surface area contributed by atoms with Crippen LogP contribution in [-0.2, 0) is 19.1 Å². The zero-order valence-corrected chi connectivity index (χ0v) is 29.1. The van der Waals surface area contributed by atoms with E-state index in [9.17, 15) is 19.2 Å². The lowest BCUT2D eigenvalue weighted by atomic mass is 10.0. The number of carbonyl (C=O) groups is 4. The van der Waals surface area contributed by atoms with Gasteiger partial charge in [-0.3, -0.25) is 9.59 Å². The van der Waals surface area contributed by atoms with Crippen molar-refractivity contribution < 1.29 is 33.4 Å². The number of nitrogens with zero attached hydrogens (tertiary/aromatic N) is 2. The van der Waals surface area contributed by atoms with Crippen LogP contribution in [-0.4, -0.2) is 53.4 Å². The lowest BCUT2D eigenvalue weighted by molar-refractivity contribution is -0.118. The van der Waals surface area contributed by atoms with Gasteiger partial charge in [0.05, 0.1) is 35.7 Å². The number of anilines is 2. The van der Waals surface area contributed by atoms with E-state index >= 15 is 0 Å². The molecule has 0 bridgehead atoms. The van der Waals surface area contributed by atoms with Crippen molar-refractivity contribution in [1.82, 2.24) is 9.78 Å². The monoisotopic (exact) mass is 698 g/mol. The molecule has 5 rings (SSSR count). The molecule has 0 fully saturated rings. The highest BCUT2D eigenvalue weighted by Crippen LogP contribution is 2.30. The molecule has 0 aliphatic heterocycles. The molecule has 2 amide bonds. The molecule has 0 atom stereocenters. The van der Waals surface area contributed by atoms with Gasteiger partial charge in [-0.25, -0.2) is 14.3 Å². The smallest absolute Gasteiger partial charge is 0.338 e. The first-order chi connectivity index (χ1) is 25.2. The molecule has 0 saturated heterocycles. The summed E-state index contributed by atoms with van der Waals surface area (Å²) in [6.45, 7) is 9.85. The Balaban J connectivity index is 1.56. The van der Waals surface area contributed by atoms with Gasteiger partial charge in [0.1, 0.15) is 17.9 Å². The van der Waals surface area contributed by atoms with Gasteiger partial charge in [0.15, 0.2) is 0 Å². The highest BCUT2D eigenvalue weighted by atomic mass is 16.5. The normalized spacial score (nSPS) is 10.4. The number of para-hydroxylation sites is 1. The molecular formula is C41H38N4O7. The second-order valence-corrected chi connectivity index (χ2v) is 11.4. The van der Waals surface area contributed by atoms with E-state index in [0.29, 0.717) is 46.1 Å². The standard InChI is InChI=1S/C41H38N4O7/c1-5-23-52-36-22-17-30(24-27(36)4)37-31(26-45(44-37)34-11-9-8-10-12-34)25-35(38(46)42-32-18-13-28(14-19-32)40(48)50-6-2)39(47)43-33-20-15-29(16-21-33)41(49)51-7-3/h5,8-22,24-26H,1,6-7,23H2,2-4H3,(H,42,46)(H,43,47). The number of aryl methyl sites for hydroxylation is 1. The molecule has 1 heterocycles. The second-order valence-electron chi connectivity index (χ2n) is 11.4. The van der Waals surface area contributed by atoms with Crippen molar-refractivity contribution in [2.45, 2.75) is 20.8 Å². The summed E-state index contributed by atoms with van der Waals surface area (Å²) < 4.78 is 17.6. The number of aromatic nitrogens is 2. The first-order valence-electron chi connectivity index (χ1n) is 16.6. The third-order valence-electron chi connectivity index (χ3n) is 7.67. The molecule has 0 aliphatic rings. The van der Waals surface area contributed by atoms with Crippen LogP contribution in [0.3, 0.4) is 0 Å². The van der Waals surface area contributed by atoms with Crippen LogP contribution in [0.4, 0.5) is 11.4 Å². The molecule has 52 heavy (non-hydrogen) atoms. The second kappa shape index (κ2) is 17.3. The van der Waals surface area contributed by atoms with Gasteiger partial charge < -0.3 is 24.8 Å². The minimum absolute atomic E-state index is 0.224. The van der Waals surface area contributed by atoms with E-state index < -0.39 is 23.8 Å². The maximum absolute atomic E-state index is 14.0. The Kier molecular flexibility index (Phi) is 12.1. The average molecular weight is 699 g/mol. The van der Waals surface area contributed by atoms with Gasteiger partial charge in [-0.1, -0.05) is 30.9 Å². The molecule has 0 spiro atoms. The SMILES string of the molecule is C=CCOc1ccc(-c2nn(-c3ccccc3)cc2C=C(C(=O)Nc2ccc(C(=O)OCC)cc2)C(=O)Nc2ccc(C(=O)OCC)cc2)cc1C. The van der Waals surface area contributed by atoms with E-state index in [2.05, 4.69) is 17.2 Å². The number of ether oxygens (including phenoxy) is 3. The highest BCUT2D eigenvalue weighted by molar-refractivity contribution is 6.29. The Morgan fingerprint density at radius 2 is 1.33 bits per heavy atom. The summed E-state index contributed by atoms with van der Waals surface area (Å²) in [6, 6.07) is 27.3. The van der Waals surface area contributed by atoms with E-state index in [-0.39, 0.29) is 18.8 Å². The number of benzene rings is 4. The molecular weight excluding hydrogens is 660 g/mol. The number of amides is 2. The minimum atomic E-state index is -0.715. The van der Waals surface area contributed by atoms with E-state index in [0.717, 1.165) is 16.8 Å². The van der Waals surface area contributed by atoms with E-state index in [1.165, 1.54) is 30.3 Å². The van der Waals surface area contributed by atoms with Crippen molar-refractivity contribution in [1.29, 1.82) is 0 Å². The number of esters is 2. The predicted molar refractivity (Wildman–Crippen MR) is 199 cm³/mol. The third-order valence-corrected chi connectivity index (χ3v) is 7.67. The largest absolute Gasteiger partial charge is 0.489 e. The van der Waals surface area contributed by atoms with Crippen molar-refractivity contribution in [3.8, 4) is 22.7 Å². The fourth-order valence-corrected chi connectivity index (χ4v) is 5.13. The van der Waals surface area contributed by atoms with Crippen LogP contribution in [0.1, 0.15) is 45.7 Å². The molecule has 2 N–H and O–H groups in total. The van der Waals surface area contributed by atoms with E-state index in [4.69, 9.17) is 19.3 Å². The highest BCUT2D eigenvalue weighted by Gasteiger charge is 2.22. The molecule has 5 aromatic rings. The number of nitrogens with one attached hydrogen (secondary N) is 2. The molecule has 1 aromatic heterocycles. The van der Waals surface area contributed by atoms with Crippen LogP contribution >= 0.6 is 0 Å². The predicted octanol–water partition coefficient (Wildman–Crippen LogP) is 7.43. The molecule has 264 valence electrons. The number of hydrogen-bond acceptors (Lipinski definition) is 8. The third kappa shape index (κ3) is 9.07. The lowest BCUT2D eigenvalue weighted by Crippen LogP contribution is -2.25. The Morgan fingerprint density at radius 1 is 0.769 bits per heavy atom. The average Bonchev–Trinajstić information content (AvgIpc) is 3.58. The maximum atomic E-state index is 14.0. The minimum Gasteiger partial charge on any atom is -0.489 e. The number of carbonyl (C=O) groups excluding carboxylic acids is 4. The van der Waals surface area contributed by atoms with Crippen LogP contribution in [0.2, 0.25) is 0 Å². The molecule has 0 aliphatic carbocycles. The fraction of sp³-hybridized carbons (Fsp3) is 0.146. The van der Waals surface area contributed by atoms with Gasteiger partial charge in [-0.15, -0.1) is 0 Å². The molecule has 0 unspecified atom stereocenters. The van der Waals surface area contributed by atoms with Gasteiger partial charge in [-0.05, 0) is 111 Å². The van der Waals surface area contributed by atoms with Crippen molar-refractivity contribution in [2.75, 3.05) is 30.5 Å². The molecule has 11 nitrogen and oxygen atoms in total. The Bertz CT molecular complexity index is 2020. The molecule has 0 saturated carbocycles. The maximum Gasteiger partial charge on any atom is 0.338 e. The van der Waals surface area contributed by atoms with Crippen LogP contribution in [0, 0.1) is 6.92 Å². The van der Waals surface area contributed by atoms with Gasteiger partial charge in [0, 0.05) is 28.7 Å². The van der Waals surface area contributed by atoms with Crippen LogP contribution in [0.15, 0.2) is 121 Å². The Labute approximate surface area is 301 Å². The quantitative estimate of drug-likeness (QED) is 0.0402. The topological polar surface area (TPSA) is 138 Å². The van der Waals surface area contributed by atoms with Crippen LogP contribution < -0.4 is 15.4 Å². The summed E-state index contributed by atoms with van der Waals surface area (Å²) in [5.74, 6) is -1.73. The first kappa shape index (κ1) is 36.5. The Hall–Kier alpha value is -6.75. The fourth-order valence-electron chi connectivity index (χ4n) is 5.13. The van der Waals surface area contributed by atoms with Crippen molar-refractivity contribution in [3.05, 3.63) is 144 Å². The van der Waals surface area contributed by atoms with E-state index in [1.54, 1.807) is 55.1 Å². The summed E-state index contributed by atoms with van der Waals surface area (Å²) in [6.07, 6.45) is 4.88. The summed E-state index contributed by atoms with van der Waals surface area (Å²) in [5, 5.41) is 10.4. The molecule has 4 aromatic carbocycles. The van der Waals surface area contributed by atoms with Crippen LogP contribution in [0.25, 0.3) is 23.0 Å². The van der Waals surface area contributed by atoms with Gasteiger partial charge in [0.25, 0.3) is 11.8 Å². The van der Waals surface area contributed by atoms with Gasteiger partial charge in [-0.2, -0.15) is 5.10 Å². The van der Waals surface area contributed by atoms with Crippen molar-refractivity contribution >= 4 is 41.2 Å². The summed E-state index contributed by atoms with van der Waals surface area (Å²) in [7, 11) is 0. The summed E-state index contributed by atoms with van der Waals surface area (Å²) >= 11 is 0. The summed E-state index contributed by atoms with van der Waals surface area (Å²) in [4.78, 5) is 52.3. The van der Waals surface area contributed by atoms with Crippen molar-refractivity contribution in [2.24, 2.45) is 0 Å². The first-order valence-corrected chi connectivity index (χ1v) is 16.6. The van der Waals surface area contributed by atoms with Gasteiger partial charge in [0.2, 0.25) is 0 Å². The number of rotatable bonds is 14. The molecule has 0 radical (unpaired) electrons. The van der Waals surface area contributed by atoms with Gasteiger partial charge >= 0.3 is 11.9 Å². The van der Waals surface area contributed by atoms with Crippen LogP contribution in [0.5, 0.6) is 5.75 Å². The number of hydrogen-bond donors (Lipinski definition) is 2. The summed E-state index contributed by atoms with van der Waals surface area (Å²) in [5.41, 5.74) is 4.44. The Morgan fingerprint density at radius 3 is 1.83 bits per heavy atom. The molecule has 11 heteroatoms. The zero-order valence-electron chi connectivity index (χ0n) is 29.1. The van der Waals surface area contributed by atoms with Crippen molar-refractivity contribution in [3.63, 3.8) is 0 Å². The van der Waals surface area contributed by atoms with E-state index in [1.807, 2.05) is 55.5 Å². The zero-order chi connectivity index (χ0) is 37.0. The lowest BCUT2D eigenvalue weighted by Gasteiger charge is -2.12.